The van der Waals surface area contributed by atoms with Crippen LogP contribution in [0.5, 0.6) is 5.75 Å². The fourth-order valence-electron chi connectivity index (χ4n) is 2.01. The molecule has 2 rings (SSSR count). The van der Waals surface area contributed by atoms with Gasteiger partial charge in [0, 0.05) is 12.6 Å². The maximum Gasteiger partial charge on any atom is 0.152 e. The van der Waals surface area contributed by atoms with Crippen LogP contribution in [0.2, 0.25) is 0 Å². The lowest BCUT2D eigenvalue weighted by atomic mass is 10.1. The Hall–Kier alpha value is -2.36. The van der Waals surface area contributed by atoms with Crippen LogP contribution in [0.4, 0.5) is 15.8 Å². The predicted octanol–water partition coefficient (Wildman–Crippen LogP) is 3.41. The first-order chi connectivity index (χ1) is 9.19. The molecule has 0 aliphatic heterocycles. The molecule has 0 N–H and O–H groups in total. The third-order valence-corrected chi connectivity index (χ3v) is 2.93. The first-order valence-corrected chi connectivity index (χ1v) is 5.79. The minimum Gasteiger partial charge on any atom is -0.495 e. The molecule has 98 valence electrons. The quantitative estimate of drug-likeness (QED) is 0.788. The van der Waals surface area contributed by atoms with E-state index in [9.17, 15) is 9.18 Å². The largest absolute Gasteiger partial charge is 0.495 e. The van der Waals surface area contributed by atoms with Gasteiger partial charge in [-0.05, 0) is 24.3 Å². The molecule has 0 radical (unpaired) electrons. The lowest BCUT2D eigenvalue weighted by Gasteiger charge is -2.23. The van der Waals surface area contributed by atoms with Gasteiger partial charge in [-0.25, -0.2) is 4.39 Å². The molecule has 0 aromatic heterocycles. The van der Waals surface area contributed by atoms with Crippen molar-refractivity contribution >= 4 is 17.7 Å². The third-order valence-electron chi connectivity index (χ3n) is 2.93. The van der Waals surface area contributed by atoms with Gasteiger partial charge in [-0.3, -0.25) is 4.79 Å². The minimum absolute atomic E-state index is 0.238. The Morgan fingerprint density at radius 1 is 1.16 bits per heavy atom. The van der Waals surface area contributed by atoms with Crippen molar-refractivity contribution in [2.24, 2.45) is 0 Å². The Bertz CT molecular complexity index is 598. The zero-order chi connectivity index (χ0) is 13.8. The third kappa shape index (κ3) is 2.42. The van der Waals surface area contributed by atoms with Crippen molar-refractivity contribution < 1.29 is 13.9 Å². The second-order valence-corrected chi connectivity index (χ2v) is 4.03. The van der Waals surface area contributed by atoms with Gasteiger partial charge in [-0.15, -0.1) is 0 Å². The molecule has 0 saturated carbocycles. The average Bonchev–Trinajstić information content (AvgIpc) is 2.46. The zero-order valence-electron chi connectivity index (χ0n) is 10.8. The molecule has 0 atom stereocenters. The zero-order valence-corrected chi connectivity index (χ0v) is 10.8. The highest BCUT2D eigenvalue weighted by molar-refractivity contribution is 5.87. The smallest absolute Gasteiger partial charge is 0.152 e. The Labute approximate surface area is 111 Å². The second kappa shape index (κ2) is 5.52. The first-order valence-electron chi connectivity index (χ1n) is 5.79. The second-order valence-electron chi connectivity index (χ2n) is 4.03. The standard InChI is InChI=1S/C15H14FNO2/c1-17(13-8-3-4-9-14(13)19-2)15-11(10-18)6-5-7-12(15)16/h3-10H,1-2H3. The van der Waals surface area contributed by atoms with Gasteiger partial charge < -0.3 is 9.64 Å². The van der Waals surface area contributed by atoms with E-state index in [0.717, 1.165) is 0 Å². The number of rotatable bonds is 4. The number of hydrogen-bond acceptors (Lipinski definition) is 3. The Morgan fingerprint density at radius 2 is 1.89 bits per heavy atom. The van der Waals surface area contributed by atoms with E-state index >= 15 is 0 Å². The number of carbonyl (C=O) groups is 1. The molecule has 0 bridgehead atoms. The average molecular weight is 259 g/mol. The Morgan fingerprint density at radius 3 is 2.58 bits per heavy atom. The lowest BCUT2D eigenvalue weighted by molar-refractivity contribution is 0.112. The van der Waals surface area contributed by atoms with Crippen LogP contribution in [0.1, 0.15) is 10.4 Å². The van der Waals surface area contributed by atoms with E-state index in [2.05, 4.69) is 0 Å². The van der Waals surface area contributed by atoms with Crippen molar-refractivity contribution in [1.29, 1.82) is 0 Å². The van der Waals surface area contributed by atoms with Crippen molar-refractivity contribution in [1.82, 2.24) is 0 Å². The molecule has 0 saturated heterocycles. The van der Waals surface area contributed by atoms with Gasteiger partial charge in [0.2, 0.25) is 0 Å². The number of hydrogen-bond donors (Lipinski definition) is 0. The molecule has 2 aromatic rings. The Balaban J connectivity index is 2.56. The van der Waals surface area contributed by atoms with E-state index in [4.69, 9.17) is 4.74 Å². The number of ether oxygens (including phenoxy) is 1. The van der Waals surface area contributed by atoms with Gasteiger partial charge >= 0.3 is 0 Å². The highest BCUT2D eigenvalue weighted by atomic mass is 19.1. The van der Waals surface area contributed by atoms with Gasteiger partial charge in [0.1, 0.15) is 11.6 Å². The summed E-state index contributed by atoms with van der Waals surface area (Å²) in [4.78, 5) is 12.7. The van der Waals surface area contributed by atoms with Crippen molar-refractivity contribution in [3.05, 3.63) is 53.8 Å². The molecule has 0 unspecified atom stereocenters. The summed E-state index contributed by atoms with van der Waals surface area (Å²) in [5.41, 5.74) is 1.23. The maximum absolute atomic E-state index is 14.0. The van der Waals surface area contributed by atoms with Crippen LogP contribution in [0.25, 0.3) is 0 Å². The molecule has 19 heavy (non-hydrogen) atoms. The van der Waals surface area contributed by atoms with E-state index < -0.39 is 5.82 Å². The highest BCUT2D eigenvalue weighted by Gasteiger charge is 2.16. The van der Waals surface area contributed by atoms with Gasteiger partial charge in [0.15, 0.2) is 6.29 Å². The molecule has 4 heteroatoms. The molecular formula is C15H14FNO2. The summed E-state index contributed by atoms with van der Waals surface area (Å²) in [5, 5.41) is 0. The normalized spacial score (nSPS) is 10.1. The summed E-state index contributed by atoms with van der Waals surface area (Å²) in [7, 11) is 3.25. The predicted molar refractivity (Wildman–Crippen MR) is 72.8 cm³/mol. The molecule has 0 spiro atoms. The SMILES string of the molecule is COc1ccccc1N(C)c1c(F)cccc1C=O. The highest BCUT2D eigenvalue weighted by Crippen LogP contribution is 2.34. The van der Waals surface area contributed by atoms with Gasteiger partial charge in [0.25, 0.3) is 0 Å². The van der Waals surface area contributed by atoms with E-state index in [1.54, 1.807) is 37.3 Å². The molecule has 0 fully saturated rings. The van der Waals surface area contributed by atoms with Crippen LogP contribution in [-0.2, 0) is 0 Å². The van der Waals surface area contributed by atoms with Crippen LogP contribution < -0.4 is 9.64 Å². The monoisotopic (exact) mass is 259 g/mol. The molecule has 2 aromatic carbocycles. The molecule has 3 nitrogen and oxygen atoms in total. The van der Waals surface area contributed by atoms with Crippen molar-refractivity contribution in [3.8, 4) is 5.75 Å². The summed E-state index contributed by atoms with van der Waals surface area (Å²) in [6.07, 6.45) is 0.643. The van der Waals surface area contributed by atoms with Crippen molar-refractivity contribution in [2.45, 2.75) is 0 Å². The van der Waals surface area contributed by atoms with Crippen LogP contribution in [0.15, 0.2) is 42.5 Å². The van der Waals surface area contributed by atoms with Crippen LogP contribution in [-0.4, -0.2) is 20.4 Å². The number of para-hydroxylation sites is 3. The van der Waals surface area contributed by atoms with Crippen molar-refractivity contribution in [3.63, 3.8) is 0 Å². The number of methoxy groups -OCH3 is 1. The minimum atomic E-state index is -0.446. The van der Waals surface area contributed by atoms with Crippen LogP contribution >= 0.6 is 0 Å². The number of anilines is 2. The molecular weight excluding hydrogens is 245 g/mol. The van der Waals surface area contributed by atoms with E-state index in [1.165, 1.54) is 12.1 Å². The number of nitrogens with zero attached hydrogens (tertiary/aromatic N) is 1. The summed E-state index contributed by atoms with van der Waals surface area (Å²) in [6.45, 7) is 0. The van der Waals surface area contributed by atoms with E-state index in [0.29, 0.717) is 23.3 Å². The summed E-state index contributed by atoms with van der Waals surface area (Å²) in [5.74, 6) is 0.170. The first kappa shape index (κ1) is 13.1. The van der Waals surface area contributed by atoms with Crippen molar-refractivity contribution in [2.75, 3.05) is 19.1 Å². The number of halogens is 1. The maximum atomic E-state index is 14.0. The summed E-state index contributed by atoms with van der Waals surface area (Å²) >= 11 is 0. The molecule has 0 aliphatic carbocycles. The van der Waals surface area contributed by atoms with E-state index in [-0.39, 0.29) is 5.69 Å². The topological polar surface area (TPSA) is 29.5 Å². The number of carbonyl (C=O) groups excluding carboxylic acids is 1. The molecule has 0 heterocycles. The molecule has 0 amide bonds. The lowest BCUT2D eigenvalue weighted by Crippen LogP contribution is -2.14. The summed E-state index contributed by atoms with van der Waals surface area (Å²) in [6, 6.07) is 11.7. The Kier molecular flexibility index (Phi) is 3.80. The van der Waals surface area contributed by atoms with Gasteiger partial charge in [-0.1, -0.05) is 18.2 Å². The van der Waals surface area contributed by atoms with Crippen LogP contribution in [0, 0.1) is 5.82 Å². The fourth-order valence-corrected chi connectivity index (χ4v) is 2.01. The summed E-state index contributed by atoms with van der Waals surface area (Å²) < 4.78 is 19.2. The van der Waals surface area contributed by atoms with Gasteiger partial charge in [-0.2, -0.15) is 0 Å². The number of benzene rings is 2. The number of aldehydes is 1. The fraction of sp³-hybridized carbons (Fsp3) is 0.133. The van der Waals surface area contributed by atoms with E-state index in [1.807, 2.05) is 12.1 Å². The van der Waals surface area contributed by atoms with Gasteiger partial charge in [0.05, 0.1) is 18.5 Å². The van der Waals surface area contributed by atoms with Crippen LogP contribution in [0.3, 0.4) is 0 Å². The molecule has 0 aliphatic rings.